The Labute approximate surface area is 111 Å². The maximum absolute atomic E-state index is 9.91. The van der Waals surface area contributed by atoms with E-state index in [2.05, 4.69) is 0 Å². The molecular formula is C15H16O2S. The van der Waals surface area contributed by atoms with Gasteiger partial charge in [0.15, 0.2) is 0 Å². The molecule has 0 amide bonds. The van der Waals surface area contributed by atoms with E-state index in [-0.39, 0.29) is 17.4 Å². The molecule has 1 aromatic carbocycles. The number of thiophene rings is 1. The summed E-state index contributed by atoms with van der Waals surface area (Å²) in [7, 11) is 0. The van der Waals surface area contributed by atoms with Crippen LogP contribution >= 0.6 is 11.3 Å². The minimum absolute atomic E-state index is 0.0975. The minimum Gasteiger partial charge on any atom is -0.507 e. The van der Waals surface area contributed by atoms with E-state index in [1.54, 1.807) is 23.5 Å². The van der Waals surface area contributed by atoms with Crippen molar-refractivity contribution < 1.29 is 10.2 Å². The molecule has 0 bridgehead atoms. The van der Waals surface area contributed by atoms with Crippen LogP contribution in [-0.4, -0.2) is 10.2 Å². The van der Waals surface area contributed by atoms with Crippen molar-refractivity contribution >= 4 is 23.5 Å². The Morgan fingerprint density at radius 3 is 2.28 bits per heavy atom. The predicted octanol–water partition coefficient (Wildman–Crippen LogP) is 4.45. The van der Waals surface area contributed by atoms with Gasteiger partial charge in [0.25, 0.3) is 0 Å². The monoisotopic (exact) mass is 260 g/mol. The molecule has 18 heavy (non-hydrogen) atoms. The van der Waals surface area contributed by atoms with Gasteiger partial charge in [-0.05, 0) is 41.1 Å². The van der Waals surface area contributed by atoms with Gasteiger partial charge in [0.1, 0.15) is 11.5 Å². The molecule has 0 saturated carbocycles. The molecule has 2 N–H and O–H groups in total. The molecular weight excluding hydrogens is 244 g/mol. The molecule has 0 aliphatic heterocycles. The second-order valence-corrected chi connectivity index (χ2v) is 5.46. The molecule has 2 aromatic rings. The lowest BCUT2D eigenvalue weighted by atomic mass is 9.99. The molecule has 1 heterocycles. The highest BCUT2D eigenvalue weighted by atomic mass is 32.1. The number of aromatic hydroxyl groups is 2. The standard InChI is InChI=1S/C15H16O2S/c1-10(2)15-13(16)8-11(9-14(15)17)5-6-12-4-3-7-18-12/h3-10,16-17H,1-2H3. The van der Waals surface area contributed by atoms with E-state index in [1.807, 2.05) is 43.5 Å². The lowest BCUT2D eigenvalue weighted by Gasteiger charge is -2.11. The predicted molar refractivity (Wildman–Crippen MR) is 77.1 cm³/mol. The topological polar surface area (TPSA) is 40.5 Å². The summed E-state index contributed by atoms with van der Waals surface area (Å²) >= 11 is 1.65. The first-order valence-corrected chi connectivity index (χ1v) is 6.73. The van der Waals surface area contributed by atoms with Crippen molar-refractivity contribution in [1.82, 2.24) is 0 Å². The van der Waals surface area contributed by atoms with Gasteiger partial charge in [-0.2, -0.15) is 0 Å². The molecule has 3 heteroatoms. The van der Waals surface area contributed by atoms with Crippen LogP contribution < -0.4 is 0 Å². The average molecular weight is 260 g/mol. The normalized spacial score (nSPS) is 11.5. The third-order valence-corrected chi connectivity index (χ3v) is 3.56. The summed E-state index contributed by atoms with van der Waals surface area (Å²) < 4.78 is 0. The van der Waals surface area contributed by atoms with E-state index < -0.39 is 0 Å². The van der Waals surface area contributed by atoms with Gasteiger partial charge in [-0.1, -0.05) is 26.0 Å². The third-order valence-electron chi connectivity index (χ3n) is 2.72. The molecule has 0 saturated heterocycles. The zero-order chi connectivity index (χ0) is 13.1. The van der Waals surface area contributed by atoms with Gasteiger partial charge in [-0.3, -0.25) is 0 Å². The van der Waals surface area contributed by atoms with Crippen LogP contribution in [0.2, 0.25) is 0 Å². The first kappa shape index (κ1) is 12.7. The molecule has 0 radical (unpaired) electrons. The minimum atomic E-state index is 0.0975. The lowest BCUT2D eigenvalue weighted by Crippen LogP contribution is -1.90. The fraction of sp³-hybridized carbons (Fsp3) is 0.200. The fourth-order valence-electron chi connectivity index (χ4n) is 1.90. The highest BCUT2D eigenvalue weighted by molar-refractivity contribution is 7.10. The van der Waals surface area contributed by atoms with Crippen LogP contribution in [0.25, 0.3) is 12.2 Å². The highest BCUT2D eigenvalue weighted by Crippen LogP contribution is 2.35. The van der Waals surface area contributed by atoms with E-state index in [1.165, 1.54) is 0 Å². The molecule has 94 valence electrons. The number of hydrogen-bond donors (Lipinski definition) is 2. The molecule has 0 aliphatic carbocycles. The van der Waals surface area contributed by atoms with Crippen LogP contribution in [-0.2, 0) is 0 Å². The molecule has 0 fully saturated rings. The van der Waals surface area contributed by atoms with Crippen LogP contribution in [0.1, 0.15) is 35.8 Å². The Balaban J connectivity index is 2.31. The first-order valence-electron chi connectivity index (χ1n) is 5.85. The molecule has 0 atom stereocenters. The Hall–Kier alpha value is -1.74. The van der Waals surface area contributed by atoms with E-state index in [9.17, 15) is 10.2 Å². The van der Waals surface area contributed by atoms with Gasteiger partial charge in [0, 0.05) is 10.4 Å². The third kappa shape index (κ3) is 2.74. The van der Waals surface area contributed by atoms with Crippen LogP contribution in [0, 0.1) is 0 Å². The maximum Gasteiger partial charge on any atom is 0.123 e. The Bertz CT molecular complexity index is 531. The first-order chi connectivity index (χ1) is 8.58. The second-order valence-electron chi connectivity index (χ2n) is 4.48. The van der Waals surface area contributed by atoms with Crippen molar-refractivity contribution in [2.24, 2.45) is 0 Å². The fourth-order valence-corrected chi connectivity index (χ4v) is 2.51. The molecule has 0 aliphatic rings. The van der Waals surface area contributed by atoms with Crippen LogP contribution in [0.4, 0.5) is 0 Å². The largest absolute Gasteiger partial charge is 0.507 e. The van der Waals surface area contributed by atoms with Crippen LogP contribution in [0.15, 0.2) is 29.6 Å². The smallest absolute Gasteiger partial charge is 0.123 e. The molecule has 0 unspecified atom stereocenters. The van der Waals surface area contributed by atoms with Crippen molar-refractivity contribution in [2.75, 3.05) is 0 Å². The van der Waals surface area contributed by atoms with E-state index in [0.717, 1.165) is 10.4 Å². The van der Waals surface area contributed by atoms with E-state index in [0.29, 0.717) is 5.56 Å². The molecule has 1 aromatic heterocycles. The lowest BCUT2D eigenvalue weighted by molar-refractivity contribution is 0.433. The van der Waals surface area contributed by atoms with Gasteiger partial charge in [0.05, 0.1) is 0 Å². The molecule has 2 rings (SSSR count). The quantitative estimate of drug-likeness (QED) is 0.855. The summed E-state index contributed by atoms with van der Waals surface area (Å²) in [6, 6.07) is 7.36. The zero-order valence-electron chi connectivity index (χ0n) is 10.4. The van der Waals surface area contributed by atoms with Crippen LogP contribution in [0.3, 0.4) is 0 Å². The number of phenols is 2. The Kier molecular flexibility index (Phi) is 3.72. The van der Waals surface area contributed by atoms with E-state index >= 15 is 0 Å². The van der Waals surface area contributed by atoms with Crippen molar-refractivity contribution in [2.45, 2.75) is 19.8 Å². The van der Waals surface area contributed by atoms with Crippen molar-refractivity contribution in [1.29, 1.82) is 0 Å². The maximum atomic E-state index is 9.91. The Morgan fingerprint density at radius 1 is 1.11 bits per heavy atom. The zero-order valence-corrected chi connectivity index (χ0v) is 11.2. The number of benzene rings is 1. The van der Waals surface area contributed by atoms with Gasteiger partial charge < -0.3 is 10.2 Å². The number of phenolic OH excluding ortho intramolecular Hbond substituents is 2. The van der Waals surface area contributed by atoms with Crippen molar-refractivity contribution in [3.63, 3.8) is 0 Å². The summed E-state index contributed by atoms with van der Waals surface area (Å²) in [6.07, 6.45) is 3.85. The van der Waals surface area contributed by atoms with Gasteiger partial charge in [-0.15, -0.1) is 11.3 Å². The average Bonchev–Trinajstić information content (AvgIpc) is 2.77. The van der Waals surface area contributed by atoms with Gasteiger partial charge >= 0.3 is 0 Å². The highest BCUT2D eigenvalue weighted by Gasteiger charge is 2.12. The summed E-state index contributed by atoms with van der Waals surface area (Å²) in [5, 5.41) is 21.8. The SMILES string of the molecule is CC(C)c1c(O)cc(C=Cc2cccs2)cc1O. The van der Waals surface area contributed by atoms with Crippen molar-refractivity contribution in [3.05, 3.63) is 45.6 Å². The van der Waals surface area contributed by atoms with Gasteiger partial charge in [-0.25, -0.2) is 0 Å². The number of hydrogen-bond acceptors (Lipinski definition) is 3. The van der Waals surface area contributed by atoms with Crippen LogP contribution in [0.5, 0.6) is 11.5 Å². The summed E-state index contributed by atoms with van der Waals surface area (Å²) in [5.41, 5.74) is 1.39. The van der Waals surface area contributed by atoms with Gasteiger partial charge in [0.2, 0.25) is 0 Å². The summed E-state index contributed by atoms with van der Waals surface area (Å²) in [5.74, 6) is 0.395. The summed E-state index contributed by atoms with van der Waals surface area (Å²) in [6.45, 7) is 3.88. The molecule has 2 nitrogen and oxygen atoms in total. The Morgan fingerprint density at radius 2 is 1.78 bits per heavy atom. The van der Waals surface area contributed by atoms with Crippen molar-refractivity contribution in [3.8, 4) is 11.5 Å². The summed E-state index contributed by atoms with van der Waals surface area (Å²) in [4.78, 5) is 1.14. The number of rotatable bonds is 3. The van der Waals surface area contributed by atoms with E-state index in [4.69, 9.17) is 0 Å². The second kappa shape index (κ2) is 5.27. The molecule has 0 spiro atoms.